The van der Waals surface area contributed by atoms with E-state index in [9.17, 15) is 9.59 Å². The topological polar surface area (TPSA) is 132 Å². The normalized spacial score (nSPS) is 24.5. The van der Waals surface area contributed by atoms with Crippen LogP contribution in [0.3, 0.4) is 0 Å². The van der Waals surface area contributed by atoms with E-state index in [0.29, 0.717) is 0 Å². The third-order valence-corrected chi connectivity index (χ3v) is 4.08. The van der Waals surface area contributed by atoms with Crippen LogP contribution in [0, 0.1) is 5.41 Å². The average molecular weight is 340 g/mol. The van der Waals surface area contributed by atoms with Gasteiger partial charge in [-0.05, 0) is 18.3 Å². The fourth-order valence-corrected chi connectivity index (χ4v) is 2.71. The molecule has 1 aliphatic heterocycles. The van der Waals surface area contributed by atoms with Crippen molar-refractivity contribution in [1.82, 2.24) is 9.55 Å². The van der Waals surface area contributed by atoms with Crippen molar-refractivity contribution < 1.29 is 23.9 Å². The summed E-state index contributed by atoms with van der Waals surface area (Å²) in [6, 6.07) is 1.35. The molecule has 1 saturated heterocycles. The van der Waals surface area contributed by atoms with E-state index in [1.165, 1.54) is 16.8 Å². The molecule has 1 aliphatic rings. The summed E-state index contributed by atoms with van der Waals surface area (Å²) in [5.41, 5.74) is -0.683. The summed E-state index contributed by atoms with van der Waals surface area (Å²) in [7, 11) is 0. The summed E-state index contributed by atoms with van der Waals surface area (Å²) >= 11 is 0. The number of nitrogens with one attached hydrogen (secondary N) is 1. The van der Waals surface area contributed by atoms with Gasteiger partial charge in [0.05, 0.1) is 6.10 Å². The number of H-pyrrole nitrogens is 1. The lowest BCUT2D eigenvalue weighted by molar-refractivity contribution is -0.193. The number of carbonyl (C=O) groups excluding carboxylic acids is 4. The van der Waals surface area contributed by atoms with E-state index in [0.717, 1.165) is 19.3 Å². The van der Waals surface area contributed by atoms with Gasteiger partial charge in [-0.3, -0.25) is 14.3 Å². The zero-order chi connectivity index (χ0) is 18.8. The molecular formula is C15H20N2O7. The third-order valence-electron chi connectivity index (χ3n) is 4.08. The molecule has 1 aromatic rings. The third kappa shape index (κ3) is 5.55. The second-order valence-corrected chi connectivity index (χ2v) is 5.38. The second-order valence-electron chi connectivity index (χ2n) is 5.38. The molecule has 2 rings (SSSR count). The Kier molecular flexibility index (Phi) is 9.12. The molecular weight excluding hydrogens is 320 g/mol. The van der Waals surface area contributed by atoms with Gasteiger partial charge in [0.1, 0.15) is 6.23 Å². The van der Waals surface area contributed by atoms with Gasteiger partial charge in [0.2, 0.25) is 0 Å². The molecule has 1 aromatic heterocycles. The van der Waals surface area contributed by atoms with Crippen molar-refractivity contribution in [2.24, 2.45) is 5.41 Å². The minimum Gasteiger partial charge on any atom is -0.354 e. The number of aromatic amines is 1. The average Bonchev–Trinajstić information content (AvgIpc) is 2.86. The Labute approximate surface area is 137 Å². The fraction of sp³-hybridized carbons (Fsp3) is 0.600. The Morgan fingerprint density at radius 1 is 1.25 bits per heavy atom. The zero-order valence-corrected chi connectivity index (χ0v) is 13.7. The monoisotopic (exact) mass is 340 g/mol. The van der Waals surface area contributed by atoms with Crippen molar-refractivity contribution in [1.29, 1.82) is 0 Å². The lowest BCUT2D eigenvalue weighted by Gasteiger charge is -2.26. The number of nitrogens with zero attached hydrogens (tertiary/aromatic N) is 1. The predicted molar refractivity (Wildman–Crippen MR) is 78.6 cm³/mol. The first-order chi connectivity index (χ1) is 11.3. The summed E-state index contributed by atoms with van der Waals surface area (Å²) < 4.78 is 7.44. The van der Waals surface area contributed by atoms with Gasteiger partial charge < -0.3 is 4.74 Å². The smallest absolute Gasteiger partial charge is 0.354 e. The molecule has 9 heteroatoms. The van der Waals surface area contributed by atoms with Crippen LogP contribution < -0.4 is 11.2 Å². The molecule has 2 heterocycles. The van der Waals surface area contributed by atoms with Crippen LogP contribution in [0.2, 0.25) is 0 Å². The molecule has 24 heavy (non-hydrogen) atoms. The summed E-state index contributed by atoms with van der Waals surface area (Å²) in [5, 5.41) is 0. The summed E-state index contributed by atoms with van der Waals surface area (Å²) in [6.45, 7) is 6.43. The molecule has 1 unspecified atom stereocenters. The highest BCUT2D eigenvalue weighted by atomic mass is 16.5. The van der Waals surface area contributed by atoms with Crippen LogP contribution in [-0.2, 0) is 23.9 Å². The number of ether oxygens (including phenoxy) is 1. The Hall–Kier alpha value is -2.60. The molecule has 132 valence electrons. The van der Waals surface area contributed by atoms with Crippen LogP contribution in [0.1, 0.15) is 46.3 Å². The van der Waals surface area contributed by atoms with E-state index < -0.39 is 5.69 Å². The van der Waals surface area contributed by atoms with Gasteiger partial charge in [0.25, 0.3) is 5.56 Å². The highest BCUT2D eigenvalue weighted by molar-refractivity contribution is 5.20. The fourth-order valence-electron chi connectivity index (χ4n) is 2.71. The Balaban J connectivity index is 0.000000772. The van der Waals surface area contributed by atoms with Crippen molar-refractivity contribution in [3.63, 3.8) is 0 Å². The van der Waals surface area contributed by atoms with Crippen molar-refractivity contribution in [3.8, 4) is 0 Å². The largest absolute Gasteiger partial charge is 0.373 e. The molecule has 1 fully saturated rings. The summed E-state index contributed by atoms with van der Waals surface area (Å²) in [4.78, 5) is 57.6. The van der Waals surface area contributed by atoms with Gasteiger partial charge in [-0.1, -0.05) is 20.8 Å². The van der Waals surface area contributed by atoms with Crippen LogP contribution in [0.15, 0.2) is 21.9 Å². The minimum atomic E-state index is -0.400. The molecule has 1 N–H and O–H groups in total. The Morgan fingerprint density at radius 3 is 2.17 bits per heavy atom. The van der Waals surface area contributed by atoms with Gasteiger partial charge in [-0.2, -0.15) is 19.2 Å². The molecule has 3 atom stereocenters. The first-order valence-corrected chi connectivity index (χ1v) is 7.28. The maximum atomic E-state index is 11.7. The quantitative estimate of drug-likeness (QED) is 0.846. The van der Waals surface area contributed by atoms with Crippen LogP contribution in [0.5, 0.6) is 0 Å². The van der Waals surface area contributed by atoms with Gasteiger partial charge in [-0.25, -0.2) is 4.79 Å². The van der Waals surface area contributed by atoms with Gasteiger partial charge >= 0.3 is 18.0 Å². The summed E-state index contributed by atoms with van der Waals surface area (Å²) in [5.74, 6) is 0. The molecule has 0 saturated carbocycles. The molecule has 0 radical (unpaired) electrons. The van der Waals surface area contributed by atoms with Crippen molar-refractivity contribution in [2.75, 3.05) is 0 Å². The number of hydrogen-bond donors (Lipinski definition) is 1. The predicted octanol–water partition coefficient (Wildman–Crippen LogP) is 0.483. The first-order valence-electron chi connectivity index (χ1n) is 7.28. The minimum absolute atomic E-state index is 0.0923. The molecule has 0 spiro atoms. The van der Waals surface area contributed by atoms with E-state index in [-0.39, 0.29) is 35.6 Å². The number of aromatic nitrogens is 2. The molecule has 0 amide bonds. The Morgan fingerprint density at radius 2 is 1.79 bits per heavy atom. The maximum Gasteiger partial charge on any atom is 0.373 e. The van der Waals surface area contributed by atoms with Crippen molar-refractivity contribution >= 4 is 12.3 Å². The van der Waals surface area contributed by atoms with Crippen LogP contribution in [-0.4, -0.2) is 28.0 Å². The highest BCUT2D eigenvalue weighted by Crippen LogP contribution is 2.46. The first kappa shape index (κ1) is 21.4. The molecule has 0 aromatic carbocycles. The van der Waals surface area contributed by atoms with Gasteiger partial charge in [0.15, 0.2) is 0 Å². The van der Waals surface area contributed by atoms with E-state index in [2.05, 4.69) is 25.8 Å². The van der Waals surface area contributed by atoms with E-state index in [1.54, 1.807) is 0 Å². The Bertz CT molecular complexity index is 684. The lowest BCUT2D eigenvalue weighted by atomic mass is 9.79. The van der Waals surface area contributed by atoms with E-state index in [1.807, 2.05) is 0 Å². The van der Waals surface area contributed by atoms with Crippen LogP contribution >= 0.6 is 0 Å². The van der Waals surface area contributed by atoms with Gasteiger partial charge in [-0.15, -0.1) is 0 Å². The zero-order valence-electron chi connectivity index (χ0n) is 13.7. The number of hydrogen-bond acceptors (Lipinski definition) is 7. The maximum absolute atomic E-state index is 11.7. The van der Waals surface area contributed by atoms with Crippen LogP contribution in [0.25, 0.3) is 0 Å². The summed E-state index contributed by atoms with van der Waals surface area (Å²) in [6.07, 6.45) is 4.64. The highest BCUT2D eigenvalue weighted by Gasteiger charge is 2.43. The van der Waals surface area contributed by atoms with Crippen molar-refractivity contribution in [2.45, 2.75) is 52.4 Å². The SMILES string of the molecule is CC[C@@H]1O[C@H](n2ccc(=O)[nH]c2=O)CC1(C)CC.O=C=O.O=C=O. The van der Waals surface area contributed by atoms with Crippen LogP contribution in [0.4, 0.5) is 0 Å². The van der Waals surface area contributed by atoms with Gasteiger partial charge in [0, 0.05) is 18.7 Å². The molecule has 0 aliphatic carbocycles. The molecule has 9 nitrogen and oxygen atoms in total. The lowest BCUT2D eigenvalue weighted by Crippen LogP contribution is -2.31. The van der Waals surface area contributed by atoms with Crippen molar-refractivity contribution in [3.05, 3.63) is 33.1 Å². The second kappa shape index (κ2) is 10.2. The number of rotatable bonds is 3. The molecule has 0 bridgehead atoms. The van der Waals surface area contributed by atoms with E-state index in [4.69, 9.17) is 23.9 Å². The van der Waals surface area contributed by atoms with E-state index >= 15 is 0 Å². The standard InChI is InChI=1S/C13H20N2O3.2CO2/c1-4-9-13(3,5-2)8-11(18-9)15-7-6-10(16)14-12(15)17;2*2-1-3/h6-7,9,11H,4-5,8H2,1-3H3,(H,14,16,17);;/t9-,11-,13?;;/m0../s1.